The highest BCUT2D eigenvalue weighted by molar-refractivity contribution is 5.02. The van der Waals surface area contributed by atoms with Crippen molar-refractivity contribution in [3.8, 4) is 0 Å². The van der Waals surface area contributed by atoms with Crippen LogP contribution in [-0.4, -0.2) is 34.7 Å². The lowest BCUT2D eigenvalue weighted by Crippen LogP contribution is -2.18. The molecular formula is C15H26N2O2. The van der Waals surface area contributed by atoms with Crippen LogP contribution in [0.5, 0.6) is 0 Å². The highest BCUT2D eigenvalue weighted by Gasteiger charge is 2.18. The summed E-state index contributed by atoms with van der Waals surface area (Å²) in [7, 11) is 1.70. The van der Waals surface area contributed by atoms with Crippen LogP contribution < -0.4 is 0 Å². The average molecular weight is 266 g/mol. The van der Waals surface area contributed by atoms with Gasteiger partial charge < -0.3 is 9.84 Å². The molecule has 0 amide bonds. The summed E-state index contributed by atoms with van der Waals surface area (Å²) in [6.45, 7) is 2.80. The number of ether oxygens (including phenoxy) is 1. The van der Waals surface area contributed by atoms with Crippen LogP contribution in [-0.2, 0) is 11.2 Å². The van der Waals surface area contributed by atoms with E-state index < -0.39 is 0 Å². The van der Waals surface area contributed by atoms with Crippen molar-refractivity contribution in [1.82, 2.24) is 9.78 Å². The van der Waals surface area contributed by atoms with Crippen LogP contribution in [0.3, 0.4) is 0 Å². The SMILES string of the molecule is COCC(C)CC(O)Cc1ccn(C2CCCC2)n1. The Morgan fingerprint density at radius 1 is 1.47 bits per heavy atom. The van der Waals surface area contributed by atoms with Crippen LogP contribution >= 0.6 is 0 Å². The molecule has 1 saturated carbocycles. The van der Waals surface area contributed by atoms with E-state index in [1.165, 1.54) is 25.7 Å². The molecule has 0 saturated heterocycles. The number of nitrogens with zero attached hydrogens (tertiary/aromatic N) is 2. The Morgan fingerprint density at radius 2 is 2.21 bits per heavy atom. The van der Waals surface area contributed by atoms with Crippen molar-refractivity contribution in [3.63, 3.8) is 0 Å². The van der Waals surface area contributed by atoms with E-state index in [2.05, 4.69) is 22.9 Å². The number of aliphatic hydroxyl groups is 1. The Bertz CT molecular complexity index is 372. The molecule has 1 aliphatic rings. The van der Waals surface area contributed by atoms with Crippen LogP contribution in [0.1, 0.15) is 50.8 Å². The Hall–Kier alpha value is -0.870. The van der Waals surface area contributed by atoms with Gasteiger partial charge in [-0.15, -0.1) is 0 Å². The average Bonchev–Trinajstić information content (AvgIpc) is 2.98. The minimum atomic E-state index is -0.322. The number of aromatic nitrogens is 2. The molecule has 1 aromatic rings. The summed E-state index contributed by atoms with van der Waals surface area (Å²) in [5.41, 5.74) is 1.00. The molecule has 0 aliphatic heterocycles. The van der Waals surface area contributed by atoms with Gasteiger partial charge in [0.15, 0.2) is 0 Å². The lowest BCUT2D eigenvalue weighted by atomic mass is 10.0. The topological polar surface area (TPSA) is 47.3 Å². The molecule has 2 atom stereocenters. The molecule has 2 unspecified atom stereocenters. The third-order valence-electron chi connectivity index (χ3n) is 3.93. The van der Waals surface area contributed by atoms with E-state index in [4.69, 9.17) is 4.74 Å². The highest BCUT2D eigenvalue weighted by atomic mass is 16.5. The van der Waals surface area contributed by atoms with Crippen molar-refractivity contribution in [2.75, 3.05) is 13.7 Å². The predicted molar refractivity (Wildman–Crippen MR) is 75.1 cm³/mol. The summed E-state index contributed by atoms with van der Waals surface area (Å²) < 4.78 is 7.19. The molecular weight excluding hydrogens is 240 g/mol. The van der Waals surface area contributed by atoms with E-state index in [1.54, 1.807) is 7.11 Å². The maximum atomic E-state index is 10.1. The molecule has 4 heteroatoms. The van der Waals surface area contributed by atoms with Crippen molar-refractivity contribution >= 4 is 0 Å². The van der Waals surface area contributed by atoms with Gasteiger partial charge in [-0.2, -0.15) is 5.10 Å². The van der Waals surface area contributed by atoms with Gasteiger partial charge in [-0.3, -0.25) is 4.68 Å². The quantitative estimate of drug-likeness (QED) is 0.825. The molecule has 1 N–H and O–H groups in total. The first-order valence-electron chi connectivity index (χ1n) is 7.40. The minimum Gasteiger partial charge on any atom is -0.393 e. The van der Waals surface area contributed by atoms with E-state index in [1.807, 2.05) is 6.07 Å². The van der Waals surface area contributed by atoms with Crippen molar-refractivity contribution in [1.29, 1.82) is 0 Å². The third kappa shape index (κ3) is 4.32. The summed E-state index contributed by atoms with van der Waals surface area (Å²) >= 11 is 0. The van der Waals surface area contributed by atoms with Crippen LogP contribution in [0.2, 0.25) is 0 Å². The number of hydrogen-bond acceptors (Lipinski definition) is 3. The molecule has 1 aromatic heterocycles. The first-order valence-corrected chi connectivity index (χ1v) is 7.40. The molecule has 108 valence electrons. The van der Waals surface area contributed by atoms with Gasteiger partial charge in [0.05, 0.1) is 17.8 Å². The summed E-state index contributed by atoms with van der Waals surface area (Å²) in [6.07, 6.45) is 8.28. The van der Waals surface area contributed by atoms with E-state index >= 15 is 0 Å². The fourth-order valence-corrected chi connectivity index (χ4v) is 3.00. The zero-order valence-corrected chi connectivity index (χ0v) is 12.1. The smallest absolute Gasteiger partial charge is 0.0650 e. The molecule has 19 heavy (non-hydrogen) atoms. The molecule has 0 radical (unpaired) electrons. The van der Waals surface area contributed by atoms with Crippen molar-refractivity contribution < 1.29 is 9.84 Å². The molecule has 1 fully saturated rings. The maximum absolute atomic E-state index is 10.1. The molecule has 1 aliphatic carbocycles. The largest absolute Gasteiger partial charge is 0.393 e. The lowest BCUT2D eigenvalue weighted by Gasteiger charge is -2.15. The van der Waals surface area contributed by atoms with Crippen molar-refractivity contribution in [3.05, 3.63) is 18.0 Å². The van der Waals surface area contributed by atoms with Gasteiger partial charge in [-0.05, 0) is 31.2 Å². The van der Waals surface area contributed by atoms with Crippen LogP contribution in [0.15, 0.2) is 12.3 Å². The molecule has 0 aromatic carbocycles. The second kappa shape index (κ2) is 7.06. The zero-order chi connectivity index (χ0) is 13.7. The summed E-state index contributed by atoms with van der Waals surface area (Å²) in [5.74, 6) is 0.386. The van der Waals surface area contributed by atoms with Crippen molar-refractivity contribution in [2.24, 2.45) is 5.92 Å². The van der Waals surface area contributed by atoms with Crippen LogP contribution in [0.25, 0.3) is 0 Å². The summed E-state index contributed by atoms with van der Waals surface area (Å²) in [4.78, 5) is 0. The summed E-state index contributed by atoms with van der Waals surface area (Å²) in [6, 6.07) is 2.63. The van der Waals surface area contributed by atoms with Gasteiger partial charge in [0, 0.05) is 26.3 Å². The van der Waals surface area contributed by atoms with Gasteiger partial charge in [0.2, 0.25) is 0 Å². The fourth-order valence-electron chi connectivity index (χ4n) is 3.00. The zero-order valence-electron chi connectivity index (χ0n) is 12.1. The fraction of sp³-hybridized carbons (Fsp3) is 0.800. The van der Waals surface area contributed by atoms with Gasteiger partial charge in [0.25, 0.3) is 0 Å². The van der Waals surface area contributed by atoms with Crippen molar-refractivity contribution in [2.45, 2.75) is 57.6 Å². The second-order valence-corrected chi connectivity index (χ2v) is 5.88. The molecule has 2 rings (SSSR count). The van der Waals surface area contributed by atoms with Gasteiger partial charge in [-0.25, -0.2) is 0 Å². The Kier molecular flexibility index (Phi) is 5.40. The minimum absolute atomic E-state index is 0.322. The van der Waals surface area contributed by atoms with E-state index in [0.717, 1.165) is 12.1 Å². The summed E-state index contributed by atoms with van der Waals surface area (Å²) in [5, 5.41) is 14.7. The van der Waals surface area contributed by atoms with E-state index in [9.17, 15) is 5.11 Å². The van der Waals surface area contributed by atoms with Crippen LogP contribution in [0.4, 0.5) is 0 Å². The normalized spacial score (nSPS) is 19.7. The lowest BCUT2D eigenvalue weighted by molar-refractivity contribution is 0.101. The Labute approximate surface area is 115 Å². The molecule has 0 bridgehead atoms. The first-order chi connectivity index (χ1) is 9.19. The monoisotopic (exact) mass is 266 g/mol. The number of rotatable bonds is 7. The van der Waals surface area contributed by atoms with E-state index in [0.29, 0.717) is 25.0 Å². The Balaban J connectivity index is 1.81. The van der Waals surface area contributed by atoms with Gasteiger partial charge >= 0.3 is 0 Å². The number of hydrogen-bond donors (Lipinski definition) is 1. The number of aliphatic hydroxyl groups excluding tert-OH is 1. The van der Waals surface area contributed by atoms with Gasteiger partial charge in [-0.1, -0.05) is 19.8 Å². The predicted octanol–water partition coefficient (Wildman–Crippen LogP) is 2.57. The van der Waals surface area contributed by atoms with Crippen LogP contribution in [0, 0.1) is 5.92 Å². The van der Waals surface area contributed by atoms with E-state index in [-0.39, 0.29) is 6.10 Å². The molecule has 1 heterocycles. The standard InChI is InChI=1S/C15H26N2O2/c1-12(11-19-2)9-15(18)10-13-7-8-17(16-13)14-5-3-4-6-14/h7-8,12,14-15,18H,3-6,9-11H2,1-2H3. The number of methoxy groups -OCH3 is 1. The third-order valence-corrected chi connectivity index (χ3v) is 3.93. The first kappa shape index (κ1) is 14.5. The highest BCUT2D eigenvalue weighted by Crippen LogP contribution is 2.28. The molecule has 0 spiro atoms. The van der Waals surface area contributed by atoms with Gasteiger partial charge in [0.1, 0.15) is 0 Å². The maximum Gasteiger partial charge on any atom is 0.0650 e. The molecule has 4 nitrogen and oxygen atoms in total. The Morgan fingerprint density at radius 3 is 2.89 bits per heavy atom. The second-order valence-electron chi connectivity index (χ2n) is 5.88.